The van der Waals surface area contributed by atoms with Crippen LogP contribution in [0.2, 0.25) is 0 Å². The highest BCUT2D eigenvalue weighted by molar-refractivity contribution is 5.25. The molecule has 2 heteroatoms. The van der Waals surface area contributed by atoms with E-state index >= 15 is 0 Å². The van der Waals surface area contributed by atoms with Crippen molar-refractivity contribution in [2.45, 2.75) is 52.7 Å². The van der Waals surface area contributed by atoms with Crippen LogP contribution in [0, 0.1) is 6.92 Å². The van der Waals surface area contributed by atoms with E-state index in [0.29, 0.717) is 12.1 Å². The van der Waals surface area contributed by atoms with Crippen molar-refractivity contribution in [2.75, 3.05) is 13.2 Å². The van der Waals surface area contributed by atoms with Crippen LogP contribution in [0.4, 0.5) is 0 Å². The smallest absolute Gasteiger partial charge is 0.0623 e. The first kappa shape index (κ1) is 15.2. The molecule has 0 heterocycles. The third-order valence-electron chi connectivity index (χ3n) is 3.15. The Morgan fingerprint density at radius 3 is 2.56 bits per heavy atom. The normalized spacial score (nSPS) is 12.9. The molecule has 0 aliphatic heterocycles. The van der Waals surface area contributed by atoms with Gasteiger partial charge in [0, 0.05) is 6.04 Å². The van der Waals surface area contributed by atoms with Crippen molar-refractivity contribution in [3.63, 3.8) is 0 Å². The fraction of sp³-hybridized carbons (Fsp3) is 0.625. The summed E-state index contributed by atoms with van der Waals surface area (Å²) in [6.45, 7) is 10.3. The summed E-state index contributed by atoms with van der Waals surface area (Å²) in [6, 6.07) is 9.08. The van der Waals surface area contributed by atoms with Gasteiger partial charge in [0.2, 0.25) is 0 Å². The lowest BCUT2D eigenvalue weighted by molar-refractivity contribution is 0.0599. The van der Waals surface area contributed by atoms with Crippen LogP contribution in [0.15, 0.2) is 24.3 Å². The predicted molar refractivity (Wildman–Crippen MR) is 78.1 cm³/mol. The summed E-state index contributed by atoms with van der Waals surface area (Å²) in [5, 5.41) is 3.50. The van der Waals surface area contributed by atoms with Gasteiger partial charge in [-0.1, -0.05) is 31.2 Å². The van der Waals surface area contributed by atoms with E-state index in [1.165, 1.54) is 11.1 Å². The Morgan fingerprint density at radius 1 is 1.22 bits per heavy atom. The number of ether oxygens (including phenoxy) is 1. The van der Waals surface area contributed by atoms with Crippen LogP contribution in [0.1, 0.15) is 38.3 Å². The Hall–Kier alpha value is -0.860. The molecule has 1 N–H and O–H groups in total. The topological polar surface area (TPSA) is 21.3 Å². The molecule has 18 heavy (non-hydrogen) atoms. The van der Waals surface area contributed by atoms with Crippen molar-refractivity contribution >= 4 is 0 Å². The van der Waals surface area contributed by atoms with Crippen LogP contribution < -0.4 is 5.32 Å². The maximum absolute atomic E-state index is 5.71. The van der Waals surface area contributed by atoms with Crippen molar-refractivity contribution in [3.8, 4) is 0 Å². The Balaban J connectivity index is 2.44. The minimum Gasteiger partial charge on any atom is -0.377 e. The summed E-state index contributed by atoms with van der Waals surface area (Å²) >= 11 is 0. The molecule has 102 valence electrons. The van der Waals surface area contributed by atoms with Gasteiger partial charge in [-0.3, -0.25) is 0 Å². The average Bonchev–Trinajstić information content (AvgIpc) is 2.34. The SMILES string of the molecule is CCNC(CCc1ccccc1C)COC(C)C. The second-order valence-electron chi connectivity index (χ2n) is 5.10. The van der Waals surface area contributed by atoms with Crippen molar-refractivity contribution in [2.24, 2.45) is 0 Å². The lowest BCUT2D eigenvalue weighted by Gasteiger charge is -2.20. The second kappa shape index (κ2) is 8.28. The van der Waals surface area contributed by atoms with Crippen molar-refractivity contribution < 1.29 is 4.74 Å². The van der Waals surface area contributed by atoms with Gasteiger partial charge in [0.25, 0.3) is 0 Å². The summed E-state index contributed by atoms with van der Waals surface area (Å²) in [7, 11) is 0. The molecule has 1 aromatic rings. The van der Waals surface area contributed by atoms with Crippen LogP contribution >= 0.6 is 0 Å². The highest BCUT2D eigenvalue weighted by Crippen LogP contribution is 2.11. The molecule has 0 spiro atoms. The molecule has 0 saturated heterocycles. The van der Waals surface area contributed by atoms with Crippen LogP contribution in [-0.4, -0.2) is 25.3 Å². The average molecular weight is 249 g/mol. The fourth-order valence-corrected chi connectivity index (χ4v) is 2.06. The molecule has 0 aliphatic carbocycles. The number of nitrogens with one attached hydrogen (secondary N) is 1. The highest BCUT2D eigenvalue weighted by atomic mass is 16.5. The number of hydrogen-bond donors (Lipinski definition) is 1. The summed E-state index contributed by atoms with van der Waals surface area (Å²) in [5.74, 6) is 0. The van der Waals surface area contributed by atoms with E-state index in [0.717, 1.165) is 26.0 Å². The number of likely N-dealkylation sites (N-methyl/N-ethyl adjacent to an activating group) is 1. The Bertz CT molecular complexity index is 336. The summed E-state index contributed by atoms with van der Waals surface area (Å²) in [4.78, 5) is 0. The molecule has 1 aromatic carbocycles. The van der Waals surface area contributed by atoms with Gasteiger partial charge < -0.3 is 10.1 Å². The molecule has 0 amide bonds. The quantitative estimate of drug-likeness (QED) is 0.763. The Kier molecular flexibility index (Phi) is 6.99. The third kappa shape index (κ3) is 5.65. The second-order valence-corrected chi connectivity index (χ2v) is 5.10. The monoisotopic (exact) mass is 249 g/mol. The molecule has 2 nitrogen and oxygen atoms in total. The van der Waals surface area contributed by atoms with Gasteiger partial charge in [0.1, 0.15) is 0 Å². The van der Waals surface area contributed by atoms with Gasteiger partial charge in [0.05, 0.1) is 12.7 Å². The summed E-state index contributed by atoms with van der Waals surface area (Å²) in [5.41, 5.74) is 2.84. The minimum atomic E-state index is 0.310. The molecule has 0 fully saturated rings. The summed E-state index contributed by atoms with van der Waals surface area (Å²) < 4.78 is 5.71. The van der Waals surface area contributed by atoms with Gasteiger partial charge in [-0.15, -0.1) is 0 Å². The summed E-state index contributed by atoms with van der Waals surface area (Å²) in [6.07, 6.45) is 2.56. The first-order chi connectivity index (χ1) is 8.63. The molecule has 0 radical (unpaired) electrons. The van der Waals surface area contributed by atoms with Gasteiger partial charge >= 0.3 is 0 Å². The van der Waals surface area contributed by atoms with Gasteiger partial charge in [-0.2, -0.15) is 0 Å². The molecule has 0 aromatic heterocycles. The van der Waals surface area contributed by atoms with E-state index in [-0.39, 0.29) is 0 Å². The molecule has 1 rings (SSSR count). The van der Waals surface area contributed by atoms with E-state index in [4.69, 9.17) is 4.74 Å². The predicted octanol–water partition coefficient (Wildman–Crippen LogP) is 3.33. The number of hydrogen-bond acceptors (Lipinski definition) is 2. The van der Waals surface area contributed by atoms with E-state index in [1.807, 2.05) is 0 Å². The van der Waals surface area contributed by atoms with Crippen LogP contribution in [0.3, 0.4) is 0 Å². The van der Waals surface area contributed by atoms with Crippen LogP contribution in [-0.2, 0) is 11.2 Å². The lowest BCUT2D eigenvalue weighted by Crippen LogP contribution is -2.34. The standard InChI is InChI=1S/C16H27NO/c1-5-17-16(12-18-13(2)3)11-10-15-9-7-6-8-14(15)4/h6-9,13,16-17H,5,10-12H2,1-4H3. The molecule has 0 aliphatic rings. The molecule has 1 unspecified atom stereocenters. The van der Waals surface area contributed by atoms with Gasteiger partial charge in [0.15, 0.2) is 0 Å². The number of benzene rings is 1. The van der Waals surface area contributed by atoms with E-state index in [2.05, 4.69) is 57.3 Å². The molecule has 0 saturated carbocycles. The van der Waals surface area contributed by atoms with Gasteiger partial charge in [-0.25, -0.2) is 0 Å². The van der Waals surface area contributed by atoms with Crippen LogP contribution in [0.25, 0.3) is 0 Å². The number of aryl methyl sites for hydroxylation is 2. The van der Waals surface area contributed by atoms with Crippen molar-refractivity contribution in [1.82, 2.24) is 5.32 Å². The third-order valence-corrected chi connectivity index (χ3v) is 3.15. The zero-order valence-corrected chi connectivity index (χ0v) is 12.2. The Labute approximate surface area is 112 Å². The minimum absolute atomic E-state index is 0.310. The maximum Gasteiger partial charge on any atom is 0.0623 e. The zero-order valence-electron chi connectivity index (χ0n) is 12.2. The first-order valence-corrected chi connectivity index (χ1v) is 7.03. The molecule has 1 atom stereocenters. The lowest BCUT2D eigenvalue weighted by atomic mass is 10.0. The van der Waals surface area contributed by atoms with E-state index in [9.17, 15) is 0 Å². The number of rotatable bonds is 8. The zero-order chi connectivity index (χ0) is 13.4. The van der Waals surface area contributed by atoms with Crippen LogP contribution in [0.5, 0.6) is 0 Å². The molecular formula is C16H27NO. The fourth-order valence-electron chi connectivity index (χ4n) is 2.06. The Morgan fingerprint density at radius 2 is 1.94 bits per heavy atom. The van der Waals surface area contributed by atoms with Crippen molar-refractivity contribution in [3.05, 3.63) is 35.4 Å². The molecular weight excluding hydrogens is 222 g/mol. The highest BCUT2D eigenvalue weighted by Gasteiger charge is 2.09. The maximum atomic E-state index is 5.71. The largest absolute Gasteiger partial charge is 0.377 e. The van der Waals surface area contributed by atoms with E-state index < -0.39 is 0 Å². The van der Waals surface area contributed by atoms with E-state index in [1.54, 1.807) is 0 Å². The van der Waals surface area contributed by atoms with Crippen molar-refractivity contribution in [1.29, 1.82) is 0 Å². The molecule has 0 bridgehead atoms. The first-order valence-electron chi connectivity index (χ1n) is 7.03. The van der Waals surface area contributed by atoms with Gasteiger partial charge in [-0.05, 0) is 51.3 Å².